The molecule has 0 spiro atoms. The largest absolute Gasteiger partial charge is 0.478 e. The normalized spacial score (nSPS) is 22.2. The maximum atomic E-state index is 11.6. The van der Waals surface area contributed by atoms with Gasteiger partial charge in [0.15, 0.2) is 5.65 Å². The van der Waals surface area contributed by atoms with Gasteiger partial charge in [0.05, 0.1) is 16.8 Å². The van der Waals surface area contributed by atoms with Crippen molar-refractivity contribution in [1.82, 2.24) is 14.8 Å². The van der Waals surface area contributed by atoms with Crippen molar-refractivity contribution in [3.8, 4) is 0 Å². The Hall–Kier alpha value is -2.11. The number of carboxylic acids is 1. The summed E-state index contributed by atoms with van der Waals surface area (Å²) in [5.41, 5.74) is 2.60. The Balaban J connectivity index is 2.31. The zero-order valence-corrected chi connectivity index (χ0v) is 12.8. The molecule has 1 fully saturated rings. The number of fused-ring (bicyclic) bond motifs is 1. The molecule has 2 atom stereocenters. The van der Waals surface area contributed by atoms with Crippen LogP contribution >= 0.6 is 0 Å². The molecule has 3 heterocycles. The number of carbonyl (C=O) groups is 1. The molecule has 0 radical (unpaired) electrons. The lowest BCUT2D eigenvalue weighted by Crippen LogP contribution is -2.29. The summed E-state index contributed by atoms with van der Waals surface area (Å²) < 4.78 is 1.71. The first-order valence-electron chi connectivity index (χ1n) is 7.22. The highest BCUT2D eigenvalue weighted by Gasteiger charge is 2.32. The van der Waals surface area contributed by atoms with Gasteiger partial charge in [0.2, 0.25) is 0 Å². The molecule has 3 rings (SSSR count). The Morgan fingerprint density at radius 2 is 2.14 bits per heavy atom. The number of aromatic nitrogens is 3. The van der Waals surface area contributed by atoms with Gasteiger partial charge in [-0.3, -0.25) is 4.68 Å². The third-order valence-electron chi connectivity index (χ3n) is 4.30. The Labute approximate surface area is 123 Å². The molecule has 0 aliphatic carbocycles. The van der Waals surface area contributed by atoms with Crippen molar-refractivity contribution in [1.29, 1.82) is 0 Å². The van der Waals surface area contributed by atoms with E-state index in [0.29, 0.717) is 12.0 Å². The number of carboxylic acid groups (broad SMARTS) is 1. The number of pyridine rings is 1. The summed E-state index contributed by atoms with van der Waals surface area (Å²) in [4.78, 5) is 18.1. The number of nitrogens with zero attached hydrogens (tertiary/aromatic N) is 4. The molecule has 0 aromatic carbocycles. The fourth-order valence-electron chi connectivity index (χ4n) is 3.46. The highest BCUT2D eigenvalue weighted by molar-refractivity contribution is 6.05. The molecule has 0 saturated carbocycles. The molecule has 1 N–H and O–H groups in total. The zero-order chi connectivity index (χ0) is 15.3. The standard InChI is InChI=1S/C15H20N4O2/c1-8-5-9(2)19(7-8)13-11(15(20)21)6-16-14-12(13)10(3)17-18(14)4/h6,8-9H,5,7H2,1-4H3,(H,20,21). The van der Waals surface area contributed by atoms with E-state index in [-0.39, 0.29) is 5.56 Å². The molecule has 0 amide bonds. The molecule has 112 valence electrons. The van der Waals surface area contributed by atoms with E-state index in [0.717, 1.165) is 35.4 Å². The summed E-state index contributed by atoms with van der Waals surface area (Å²) in [5, 5.41) is 14.8. The summed E-state index contributed by atoms with van der Waals surface area (Å²) >= 11 is 0. The van der Waals surface area contributed by atoms with Crippen LogP contribution < -0.4 is 4.90 Å². The van der Waals surface area contributed by atoms with Crippen LogP contribution in [-0.4, -0.2) is 38.4 Å². The van der Waals surface area contributed by atoms with Crippen LogP contribution in [0.2, 0.25) is 0 Å². The maximum absolute atomic E-state index is 11.6. The van der Waals surface area contributed by atoms with E-state index in [1.54, 1.807) is 4.68 Å². The van der Waals surface area contributed by atoms with Gasteiger partial charge in [-0.25, -0.2) is 9.78 Å². The maximum Gasteiger partial charge on any atom is 0.339 e. The topological polar surface area (TPSA) is 71.2 Å². The van der Waals surface area contributed by atoms with Gasteiger partial charge in [-0.05, 0) is 26.2 Å². The van der Waals surface area contributed by atoms with Crippen LogP contribution in [0.15, 0.2) is 6.20 Å². The Bertz CT molecular complexity index is 722. The first-order valence-corrected chi connectivity index (χ1v) is 7.22. The molecule has 1 saturated heterocycles. The van der Waals surface area contributed by atoms with Gasteiger partial charge in [0, 0.05) is 25.8 Å². The molecular formula is C15H20N4O2. The molecule has 6 heteroatoms. The number of hydrogen-bond donors (Lipinski definition) is 1. The predicted octanol–water partition coefficient (Wildman–Crippen LogP) is 2.21. The minimum Gasteiger partial charge on any atom is -0.478 e. The fourth-order valence-corrected chi connectivity index (χ4v) is 3.46. The van der Waals surface area contributed by atoms with Gasteiger partial charge in [0.25, 0.3) is 0 Å². The van der Waals surface area contributed by atoms with E-state index in [9.17, 15) is 9.90 Å². The van der Waals surface area contributed by atoms with E-state index >= 15 is 0 Å². The fraction of sp³-hybridized carbons (Fsp3) is 0.533. The average Bonchev–Trinajstić information content (AvgIpc) is 2.88. The van der Waals surface area contributed by atoms with Gasteiger partial charge in [-0.15, -0.1) is 0 Å². The van der Waals surface area contributed by atoms with Crippen molar-refractivity contribution in [2.45, 2.75) is 33.2 Å². The second kappa shape index (κ2) is 4.72. The van der Waals surface area contributed by atoms with E-state index in [1.807, 2.05) is 14.0 Å². The van der Waals surface area contributed by atoms with Gasteiger partial charge in [0.1, 0.15) is 5.56 Å². The minimum atomic E-state index is -0.936. The summed E-state index contributed by atoms with van der Waals surface area (Å²) in [5.74, 6) is -0.378. The van der Waals surface area contributed by atoms with Crippen LogP contribution in [0.3, 0.4) is 0 Å². The first-order chi connectivity index (χ1) is 9.90. The molecular weight excluding hydrogens is 268 g/mol. The number of rotatable bonds is 2. The summed E-state index contributed by atoms with van der Waals surface area (Å²) in [6.07, 6.45) is 2.53. The van der Waals surface area contributed by atoms with E-state index in [2.05, 4.69) is 28.8 Å². The lowest BCUT2D eigenvalue weighted by Gasteiger charge is -2.26. The van der Waals surface area contributed by atoms with E-state index in [1.165, 1.54) is 6.20 Å². The SMILES string of the molecule is Cc1nn(C)c2ncc(C(=O)O)c(N3CC(C)CC3C)c12. The molecule has 1 aliphatic rings. The van der Waals surface area contributed by atoms with Crippen LogP contribution in [0.25, 0.3) is 11.0 Å². The minimum absolute atomic E-state index is 0.263. The number of anilines is 1. The van der Waals surface area contributed by atoms with Crippen molar-refractivity contribution < 1.29 is 9.90 Å². The van der Waals surface area contributed by atoms with Crippen molar-refractivity contribution in [3.05, 3.63) is 17.5 Å². The van der Waals surface area contributed by atoms with Crippen LogP contribution in [0.5, 0.6) is 0 Å². The first kappa shape index (κ1) is 13.9. The van der Waals surface area contributed by atoms with E-state index < -0.39 is 5.97 Å². The monoisotopic (exact) mass is 288 g/mol. The van der Waals surface area contributed by atoms with Gasteiger partial charge in [-0.2, -0.15) is 5.10 Å². The molecule has 21 heavy (non-hydrogen) atoms. The van der Waals surface area contributed by atoms with Gasteiger partial charge >= 0.3 is 5.97 Å². The number of aryl methyl sites for hydroxylation is 2. The van der Waals surface area contributed by atoms with Crippen molar-refractivity contribution in [2.24, 2.45) is 13.0 Å². The van der Waals surface area contributed by atoms with Crippen LogP contribution in [0.4, 0.5) is 5.69 Å². The Kier molecular flexibility index (Phi) is 3.11. The third kappa shape index (κ3) is 2.05. The van der Waals surface area contributed by atoms with Crippen molar-refractivity contribution >= 4 is 22.7 Å². The summed E-state index contributed by atoms with van der Waals surface area (Å²) in [7, 11) is 1.84. The summed E-state index contributed by atoms with van der Waals surface area (Å²) in [6.45, 7) is 7.12. The highest BCUT2D eigenvalue weighted by Crippen LogP contribution is 2.37. The van der Waals surface area contributed by atoms with E-state index in [4.69, 9.17) is 0 Å². The lowest BCUT2D eigenvalue weighted by molar-refractivity contribution is 0.0697. The third-order valence-corrected chi connectivity index (χ3v) is 4.30. The van der Waals surface area contributed by atoms with Crippen molar-refractivity contribution in [3.63, 3.8) is 0 Å². The quantitative estimate of drug-likeness (QED) is 0.917. The Morgan fingerprint density at radius 1 is 1.43 bits per heavy atom. The average molecular weight is 288 g/mol. The van der Waals surface area contributed by atoms with Crippen LogP contribution in [0, 0.1) is 12.8 Å². The summed E-state index contributed by atoms with van der Waals surface area (Å²) in [6, 6.07) is 0.323. The molecule has 0 bridgehead atoms. The number of hydrogen-bond acceptors (Lipinski definition) is 4. The zero-order valence-electron chi connectivity index (χ0n) is 12.8. The predicted molar refractivity (Wildman–Crippen MR) is 80.8 cm³/mol. The smallest absolute Gasteiger partial charge is 0.339 e. The van der Waals surface area contributed by atoms with Crippen LogP contribution in [-0.2, 0) is 7.05 Å². The second-order valence-corrected chi connectivity index (χ2v) is 6.08. The molecule has 2 aromatic heterocycles. The van der Waals surface area contributed by atoms with Gasteiger partial charge in [-0.1, -0.05) is 6.92 Å². The Morgan fingerprint density at radius 3 is 2.71 bits per heavy atom. The molecule has 2 aromatic rings. The van der Waals surface area contributed by atoms with Gasteiger partial charge < -0.3 is 10.0 Å². The molecule has 2 unspecified atom stereocenters. The van der Waals surface area contributed by atoms with Crippen molar-refractivity contribution in [2.75, 3.05) is 11.4 Å². The second-order valence-electron chi connectivity index (χ2n) is 6.08. The highest BCUT2D eigenvalue weighted by atomic mass is 16.4. The molecule has 1 aliphatic heterocycles. The lowest BCUT2D eigenvalue weighted by atomic mass is 10.1. The van der Waals surface area contributed by atoms with Crippen LogP contribution in [0.1, 0.15) is 36.3 Å². The number of aromatic carboxylic acids is 1. The molecule has 6 nitrogen and oxygen atoms in total.